The van der Waals surface area contributed by atoms with Crippen molar-refractivity contribution in [3.05, 3.63) is 75.1 Å². The molecule has 1 amide bonds. The molecule has 0 aliphatic heterocycles. The number of nitrogens with two attached hydrogens (primary N) is 1. The Morgan fingerprint density at radius 2 is 1.82 bits per heavy atom. The zero-order chi connectivity index (χ0) is 19.8. The summed E-state index contributed by atoms with van der Waals surface area (Å²) in [4.78, 5) is 24.5. The average molecular weight is 375 g/mol. The van der Waals surface area contributed by atoms with Gasteiger partial charge in [0.2, 0.25) is 11.7 Å². The first kappa shape index (κ1) is 17.6. The van der Waals surface area contributed by atoms with Crippen molar-refractivity contribution in [2.75, 3.05) is 0 Å². The van der Waals surface area contributed by atoms with Crippen molar-refractivity contribution in [1.29, 1.82) is 0 Å². The molecule has 0 saturated heterocycles. The minimum atomic E-state index is -0.497. The minimum Gasteiger partial charge on any atom is -0.423 e. The standard InChI is InChI=1S/C20H17N5O3/c1-11-7-16-15(9-18(26)28-17(16)8-12(11)2)10-25-23-20(22-24-25)14-5-3-13(4-6-14)19(21)27/h3-9H,10H2,1-2H3,(H2,21,27). The third-order valence-corrected chi connectivity index (χ3v) is 4.64. The first-order valence-electron chi connectivity index (χ1n) is 8.63. The highest BCUT2D eigenvalue weighted by Gasteiger charge is 2.12. The highest BCUT2D eigenvalue weighted by Crippen LogP contribution is 2.22. The Morgan fingerprint density at radius 1 is 1.11 bits per heavy atom. The lowest BCUT2D eigenvalue weighted by Gasteiger charge is -2.07. The number of rotatable bonds is 4. The summed E-state index contributed by atoms with van der Waals surface area (Å²) in [6.45, 7) is 4.25. The quantitative estimate of drug-likeness (QED) is 0.547. The van der Waals surface area contributed by atoms with Crippen LogP contribution in [0.2, 0.25) is 0 Å². The Balaban J connectivity index is 1.68. The molecular formula is C20H17N5O3. The van der Waals surface area contributed by atoms with Gasteiger partial charge in [0.05, 0.1) is 6.54 Å². The van der Waals surface area contributed by atoms with E-state index in [9.17, 15) is 9.59 Å². The van der Waals surface area contributed by atoms with Crippen LogP contribution in [0, 0.1) is 13.8 Å². The molecular weight excluding hydrogens is 358 g/mol. The fourth-order valence-electron chi connectivity index (χ4n) is 2.98. The molecule has 8 heteroatoms. The fraction of sp³-hybridized carbons (Fsp3) is 0.150. The summed E-state index contributed by atoms with van der Waals surface area (Å²) in [6.07, 6.45) is 0. The van der Waals surface area contributed by atoms with Crippen molar-refractivity contribution >= 4 is 16.9 Å². The number of tetrazole rings is 1. The molecule has 2 heterocycles. The van der Waals surface area contributed by atoms with Gasteiger partial charge >= 0.3 is 5.63 Å². The molecule has 8 nitrogen and oxygen atoms in total. The van der Waals surface area contributed by atoms with E-state index in [0.29, 0.717) is 22.5 Å². The molecule has 2 N–H and O–H groups in total. The summed E-state index contributed by atoms with van der Waals surface area (Å²) in [5.74, 6) is -0.0844. The Hall–Kier alpha value is -3.81. The Bertz CT molecular complexity index is 1260. The number of nitrogens with zero attached hydrogens (tertiary/aromatic N) is 4. The van der Waals surface area contributed by atoms with Crippen LogP contribution >= 0.6 is 0 Å². The van der Waals surface area contributed by atoms with E-state index < -0.39 is 11.5 Å². The van der Waals surface area contributed by atoms with Crippen molar-refractivity contribution in [1.82, 2.24) is 20.2 Å². The van der Waals surface area contributed by atoms with Crippen LogP contribution in [-0.4, -0.2) is 26.1 Å². The van der Waals surface area contributed by atoms with Gasteiger partial charge in [-0.05, 0) is 60.0 Å². The Morgan fingerprint density at radius 3 is 2.54 bits per heavy atom. The SMILES string of the molecule is Cc1cc2oc(=O)cc(Cn3nnc(-c4ccc(C(N)=O)cc4)n3)c2cc1C. The van der Waals surface area contributed by atoms with E-state index in [1.165, 1.54) is 10.9 Å². The van der Waals surface area contributed by atoms with Crippen molar-refractivity contribution in [2.24, 2.45) is 5.73 Å². The van der Waals surface area contributed by atoms with E-state index in [-0.39, 0.29) is 6.54 Å². The molecule has 4 aromatic rings. The number of fused-ring (bicyclic) bond motifs is 1. The number of carbonyl (C=O) groups excluding carboxylic acids is 1. The zero-order valence-electron chi connectivity index (χ0n) is 15.3. The number of amides is 1. The maximum Gasteiger partial charge on any atom is 0.336 e. The maximum absolute atomic E-state index is 11.9. The number of carbonyl (C=O) groups is 1. The molecule has 2 aromatic carbocycles. The Labute approximate surface area is 159 Å². The smallest absolute Gasteiger partial charge is 0.336 e. The van der Waals surface area contributed by atoms with Gasteiger partial charge in [0.15, 0.2) is 0 Å². The third kappa shape index (κ3) is 3.27. The highest BCUT2D eigenvalue weighted by atomic mass is 16.4. The van der Waals surface area contributed by atoms with Gasteiger partial charge < -0.3 is 10.2 Å². The van der Waals surface area contributed by atoms with E-state index >= 15 is 0 Å². The molecule has 0 fully saturated rings. The summed E-state index contributed by atoms with van der Waals surface area (Å²) in [5, 5.41) is 13.3. The van der Waals surface area contributed by atoms with Crippen LogP contribution in [0.1, 0.15) is 27.0 Å². The van der Waals surface area contributed by atoms with Gasteiger partial charge in [-0.2, -0.15) is 4.80 Å². The highest BCUT2D eigenvalue weighted by molar-refractivity contribution is 5.93. The molecule has 28 heavy (non-hydrogen) atoms. The molecule has 140 valence electrons. The van der Waals surface area contributed by atoms with E-state index in [0.717, 1.165) is 22.1 Å². The lowest BCUT2D eigenvalue weighted by molar-refractivity contribution is 0.100. The van der Waals surface area contributed by atoms with E-state index in [4.69, 9.17) is 10.2 Å². The number of aryl methyl sites for hydroxylation is 2. The first-order chi connectivity index (χ1) is 13.4. The summed E-state index contributed by atoms with van der Waals surface area (Å²) in [7, 11) is 0. The lowest BCUT2D eigenvalue weighted by atomic mass is 10.0. The monoisotopic (exact) mass is 375 g/mol. The van der Waals surface area contributed by atoms with Gasteiger partial charge in [-0.25, -0.2) is 4.79 Å². The summed E-state index contributed by atoms with van der Waals surface area (Å²) >= 11 is 0. The van der Waals surface area contributed by atoms with Crippen molar-refractivity contribution in [3.8, 4) is 11.4 Å². The molecule has 0 saturated carbocycles. The number of hydrogen-bond donors (Lipinski definition) is 1. The molecule has 0 atom stereocenters. The predicted octanol–water partition coefficient (Wildman–Crippen LogP) is 2.21. The zero-order valence-corrected chi connectivity index (χ0v) is 15.3. The normalized spacial score (nSPS) is 11.1. The van der Waals surface area contributed by atoms with Gasteiger partial charge in [0.25, 0.3) is 0 Å². The molecule has 0 aliphatic carbocycles. The van der Waals surface area contributed by atoms with Gasteiger partial charge in [-0.15, -0.1) is 10.2 Å². The minimum absolute atomic E-state index is 0.275. The topological polar surface area (TPSA) is 117 Å². The van der Waals surface area contributed by atoms with Crippen LogP contribution in [0.3, 0.4) is 0 Å². The predicted molar refractivity (Wildman–Crippen MR) is 103 cm³/mol. The molecule has 0 radical (unpaired) electrons. The van der Waals surface area contributed by atoms with Crippen LogP contribution in [0.4, 0.5) is 0 Å². The second kappa shape index (κ2) is 6.73. The first-order valence-corrected chi connectivity index (χ1v) is 8.63. The summed E-state index contributed by atoms with van der Waals surface area (Å²) in [5.41, 5.74) is 9.38. The van der Waals surface area contributed by atoms with Gasteiger partial charge in [-0.1, -0.05) is 12.1 Å². The van der Waals surface area contributed by atoms with Gasteiger partial charge in [-0.3, -0.25) is 4.79 Å². The van der Waals surface area contributed by atoms with Crippen LogP contribution in [0.25, 0.3) is 22.4 Å². The van der Waals surface area contributed by atoms with Crippen LogP contribution in [-0.2, 0) is 6.54 Å². The number of benzene rings is 2. The molecule has 0 spiro atoms. The summed E-state index contributed by atoms with van der Waals surface area (Å²) < 4.78 is 5.32. The lowest BCUT2D eigenvalue weighted by Crippen LogP contribution is -2.10. The van der Waals surface area contributed by atoms with E-state index in [1.807, 2.05) is 26.0 Å². The van der Waals surface area contributed by atoms with Crippen LogP contribution in [0.15, 0.2) is 51.7 Å². The second-order valence-corrected chi connectivity index (χ2v) is 6.61. The molecule has 0 bridgehead atoms. The largest absolute Gasteiger partial charge is 0.423 e. The van der Waals surface area contributed by atoms with Gasteiger partial charge in [0.1, 0.15) is 5.58 Å². The van der Waals surface area contributed by atoms with Crippen LogP contribution in [0.5, 0.6) is 0 Å². The van der Waals surface area contributed by atoms with E-state index in [2.05, 4.69) is 15.4 Å². The fourth-order valence-corrected chi connectivity index (χ4v) is 2.98. The van der Waals surface area contributed by atoms with Crippen molar-refractivity contribution < 1.29 is 9.21 Å². The summed E-state index contributed by atoms with van der Waals surface area (Å²) in [6, 6.07) is 11.9. The van der Waals surface area contributed by atoms with Crippen LogP contribution < -0.4 is 11.4 Å². The molecule has 2 aromatic heterocycles. The number of primary amides is 1. The van der Waals surface area contributed by atoms with Crippen molar-refractivity contribution in [2.45, 2.75) is 20.4 Å². The van der Waals surface area contributed by atoms with E-state index in [1.54, 1.807) is 24.3 Å². The molecule has 4 rings (SSSR count). The average Bonchev–Trinajstić information content (AvgIpc) is 3.12. The number of aromatic nitrogens is 4. The molecule has 0 aliphatic rings. The molecule has 0 unspecified atom stereocenters. The number of hydrogen-bond acceptors (Lipinski definition) is 6. The Kier molecular flexibility index (Phi) is 4.23. The van der Waals surface area contributed by atoms with Gasteiger partial charge in [0, 0.05) is 22.6 Å². The maximum atomic E-state index is 11.9. The van der Waals surface area contributed by atoms with Crippen molar-refractivity contribution in [3.63, 3.8) is 0 Å². The second-order valence-electron chi connectivity index (χ2n) is 6.61. The third-order valence-electron chi connectivity index (χ3n) is 4.64.